The average Bonchev–Trinajstić information content (AvgIpc) is 3.17. The van der Waals surface area contributed by atoms with Crippen LogP contribution in [0.2, 0.25) is 0 Å². The second kappa shape index (κ2) is 9.38. The summed E-state index contributed by atoms with van der Waals surface area (Å²) in [6.45, 7) is 7.13. The van der Waals surface area contributed by atoms with Gasteiger partial charge in [0.1, 0.15) is 5.82 Å². The van der Waals surface area contributed by atoms with Crippen LogP contribution >= 0.6 is 0 Å². The van der Waals surface area contributed by atoms with Crippen molar-refractivity contribution in [2.75, 3.05) is 51.8 Å². The molecule has 1 saturated heterocycles. The van der Waals surface area contributed by atoms with Gasteiger partial charge in [0.25, 0.3) is 0 Å². The molecule has 6 heteroatoms. The molecule has 140 valence electrons. The minimum absolute atomic E-state index is 0.601. The Hall–Kier alpha value is -2.34. The van der Waals surface area contributed by atoms with E-state index < -0.39 is 0 Å². The average molecular weight is 355 g/mol. The third-order valence-corrected chi connectivity index (χ3v) is 4.53. The number of anilines is 1. The summed E-state index contributed by atoms with van der Waals surface area (Å²) in [4.78, 5) is 11.6. The first-order chi connectivity index (χ1) is 12.8. The standard InChI is InChI=1S/C20H29N5O/c1-3-21-20(25(2)14-16-10-13-26-15-16)23-12-11-22-19-9-8-17-6-4-5-7-18(17)24-19/h4-9,16H,3,10-15H2,1-2H3,(H,21,23)(H,22,24). The molecule has 0 spiro atoms. The maximum Gasteiger partial charge on any atom is 0.193 e. The first-order valence-electron chi connectivity index (χ1n) is 9.43. The van der Waals surface area contributed by atoms with Gasteiger partial charge in [0.2, 0.25) is 0 Å². The Kier molecular flexibility index (Phi) is 6.66. The number of nitrogens with zero attached hydrogens (tertiary/aromatic N) is 3. The Morgan fingerprint density at radius 1 is 1.31 bits per heavy atom. The van der Waals surface area contributed by atoms with Crippen molar-refractivity contribution in [2.45, 2.75) is 13.3 Å². The molecule has 0 radical (unpaired) electrons. The molecule has 1 fully saturated rings. The highest BCUT2D eigenvalue weighted by Gasteiger charge is 2.18. The molecular formula is C20H29N5O. The second-order valence-corrected chi connectivity index (χ2v) is 6.66. The van der Waals surface area contributed by atoms with Crippen LogP contribution in [0.5, 0.6) is 0 Å². The number of pyridine rings is 1. The van der Waals surface area contributed by atoms with Crippen LogP contribution in [0.1, 0.15) is 13.3 Å². The molecule has 3 rings (SSSR count). The monoisotopic (exact) mass is 355 g/mol. The van der Waals surface area contributed by atoms with E-state index in [1.165, 1.54) is 0 Å². The zero-order valence-corrected chi connectivity index (χ0v) is 15.7. The normalized spacial score (nSPS) is 17.5. The van der Waals surface area contributed by atoms with E-state index >= 15 is 0 Å². The van der Waals surface area contributed by atoms with Gasteiger partial charge in [-0.3, -0.25) is 4.99 Å². The SMILES string of the molecule is CCNC(=NCCNc1ccc2ccccc2n1)N(C)CC1CCOC1. The summed E-state index contributed by atoms with van der Waals surface area (Å²) >= 11 is 0. The molecule has 0 saturated carbocycles. The summed E-state index contributed by atoms with van der Waals surface area (Å²) in [6, 6.07) is 12.3. The molecule has 0 aliphatic carbocycles. The number of para-hydroxylation sites is 1. The minimum atomic E-state index is 0.601. The summed E-state index contributed by atoms with van der Waals surface area (Å²) < 4.78 is 5.47. The Bertz CT molecular complexity index is 727. The maximum atomic E-state index is 5.47. The highest BCUT2D eigenvalue weighted by molar-refractivity contribution is 5.80. The van der Waals surface area contributed by atoms with E-state index in [4.69, 9.17) is 9.73 Å². The molecule has 1 aliphatic heterocycles. The van der Waals surface area contributed by atoms with Crippen LogP contribution in [0.4, 0.5) is 5.82 Å². The zero-order valence-electron chi connectivity index (χ0n) is 15.7. The Labute approximate surface area is 155 Å². The molecule has 1 unspecified atom stereocenters. The summed E-state index contributed by atoms with van der Waals surface area (Å²) in [5.74, 6) is 2.44. The van der Waals surface area contributed by atoms with Gasteiger partial charge in [-0.05, 0) is 31.5 Å². The van der Waals surface area contributed by atoms with Crippen molar-refractivity contribution in [1.29, 1.82) is 0 Å². The third kappa shape index (κ3) is 5.08. The van der Waals surface area contributed by atoms with Crippen LogP contribution < -0.4 is 10.6 Å². The van der Waals surface area contributed by atoms with Crippen LogP contribution in [0, 0.1) is 5.92 Å². The number of aliphatic imine (C=N–C) groups is 1. The van der Waals surface area contributed by atoms with Gasteiger partial charge in [-0.1, -0.05) is 18.2 Å². The molecule has 2 heterocycles. The summed E-state index contributed by atoms with van der Waals surface area (Å²) in [5.41, 5.74) is 1.01. The van der Waals surface area contributed by atoms with E-state index in [1.54, 1.807) is 0 Å². The van der Waals surface area contributed by atoms with E-state index in [0.29, 0.717) is 12.5 Å². The number of fused-ring (bicyclic) bond motifs is 1. The smallest absolute Gasteiger partial charge is 0.193 e. The van der Waals surface area contributed by atoms with E-state index in [0.717, 1.165) is 61.9 Å². The molecule has 2 aromatic rings. The highest BCUT2D eigenvalue weighted by atomic mass is 16.5. The van der Waals surface area contributed by atoms with Crippen molar-refractivity contribution in [3.05, 3.63) is 36.4 Å². The molecule has 0 amide bonds. The van der Waals surface area contributed by atoms with Gasteiger partial charge < -0.3 is 20.3 Å². The number of ether oxygens (including phenoxy) is 1. The highest BCUT2D eigenvalue weighted by Crippen LogP contribution is 2.14. The molecule has 1 atom stereocenters. The molecular weight excluding hydrogens is 326 g/mol. The summed E-state index contributed by atoms with van der Waals surface area (Å²) in [7, 11) is 2.10. The molecule has 6 nitrogen and oxygen atoms in total. The summed E-state index contributed by atoms with van der Waals surface area (Å²) in [5, 5.41) is 7.89. The predicted octanol–water partition coefficient (Wildman–Crippen LogP) is 2.58. The van der Waals surface area contributed by atoms with Gasteiger partial charge in [-0.15, -0.1) is 0 Å². The number of hydrogen-bond acceptors (Lipinski definition) is 4. The fraction of sp³-hybridized carbons (Fsp3) is 0.500. The molecule has 1 aliphatic rings. The van der Waals surface area contributed by atoms with Gasteiger partial charge in [-0.25, -0.2) is 4.98 Å². The Morgan fingerprint density at radius 2 is 2.19 bits per heavy atom. The lowest BCUT2D eigenvalue weighted by atomic mass is 10.1. The largest absolute Gasteiger partial charge is 0.381 e. The van der Waals surface area contributed by atoms with Crippen molar-refractivity contribution in [3.63, 3.8) is 0 Å². The Morgan fingerprint density at radius 3 is 3.00 bits per heavy atom. The van der Waals surface area contributed by atoms with E-state index in [2.05, 4.69) is 46.6 Å². The summed E-state index contributed by atoms with van der Waals surface area (Å²) in [6.07, 6.45) is 1.14. The number of hydrogen-bond donors (Lipinski definition) is 2. The molecule has 2 N–H and O–H groups in total. The lowest BCUT2D eigenvalue weighted by molar-refractivity contribution is 0.181. The van der Waals surface area contributed by atoms with Gasteiger partial charge in [-0.2, -0.15) is 0 Å². The maximum absolute atomic E-state index is 5.47. The molecule has 0 bridgehead atoms. The number of aromatic nitrogens is 1. The zero-order chi connectivity index (χ0) is 18.2. The van der Waals surface area contributed by atoms with Crippen LogP contribution in [0.15, 0.2) is 41.4 Å². The van der Waals surface area contributed by atoms with Crippen molar-refractivity contribution in [2.24, 2.45) is 10.9 Å². The fourth-order valence-corrected chi connectivity index (χ4v) is 3.18. The minimum Gasteiger partial charge on any atom is -0.381 e. The van der Waals surface area contributed by atoms with Crippen LogP contribution in [-0.4, -0.2) is 62.3 Å². The van der Waals surface area contributed by atoms with Gasteiger partial charge in [0.15, 0.2) is 5.96 Å². The third-order valence-electron chi connectivity index (χ3n) is 4.53. The predicted molar refractivity (Wildman–Crippen MR) is 108 cm³/mol. The van der Waals surface area contributed by atoms with Gasteiger partial charge in [0, 0.05) is 44.6 Å². The molecule has 26 heavy (non-hydrogen) atoms. The first-order valence-corrected chi connectivity index (χ1v) is 9.43. The van der Waals surface area contributed by atoms with Gasteiger partial charge in [0.05, 0.1) is 18.7 Å². The number of rotatable bonds is 7. The number of guanidine groups is 1. The number of benzene rings is 1. The van der Waals surface area contributed by atoms with Gasteiger partial charge >= 0.3 is 0 Å². The Balaban J connectivity index is 1.51. The lowest BCUT2D eigenvalue weighted by Crippen LogP contribution is -2.41. The fourth-order valence-electron chi connectivity index (χ4n) is 3.18. The van der Waals surface area contributed by atoms with E-state index in [-0.39, 0.29) is 0 Å². The van der Waals surface area contributed by atoms with Crippen LogP contribution in [0.25, 0.3) is 10.9 Å². The van der Waals surface area contributed by atoms with Crippen molar-refractivity contribution in [1.82, 2.24) is 15.2 Å². The van der Waals surface area contributed by atoms with Crippen molar-refractivity contribution >= 4 is 22.7 Å². The van der Waals surface area contributed by atoms with E-state index in [9.17, 15) is 0 Å². The van der Waals surface area contributed by atoms with Crippen LogP contribution in [0.3, 0.4) is 0 Å². The lowest BCUT2D eigenvalue weighted by Gasteiger charge is -2.24. The first kappa shape index (κ1) is 18.5. The molecule has 1 aromatic heterocycles. The van der Waals surface area contributed by atoms with Crippen LogP contribution in [-0.2, 0) is 4.74 Å². The quantitative estimate of drug-likeness (QED) is 0.454. The molecule has 1 aromatic carbocycles. The number of nitrogens with one attached hydrogen (secondary N) is 2. The topological polar surface area (TPSA) is 61.8 Å². The van der Waals surface area contributed by atoms with Crippen molar-refractivity contribution < 1.29 is 4.74 Å². The van der Waals surface area contributed by atoms with Crippen molar-refractivity contribution in [3.8, 4) is 0 Å². The second-order valence-electron chi connectivity index (χ2n) is 6.66. The van der Waals surface area contributed by atoms with E-state index in [1.807, 2.05) is 24.3 Å².